The van der Waals surface area contributed by atoms with Crippen molar-refractivity contribution in [3.8, 4) is 22.9 Å². The molecule has 0 spiro atoms. The molecule has 8 nitrogen and oxygen atoms in total. The van der Waals surface area contributed by atoms with Crippen LogP contribution in [0.15, 0.2) is 53.7 Å². The summed E-state index contributed by atoms with van der Waals surface area (Å²) in [4.78, 5) is 30.1. The van der Waals surface area contributed by atoms with Crippen molar-refractivity contribution in [2.75, 3.05) is 10.7 Å². The third-order valence-corrected chi connectivity index (χ3v) is 5.27. The first-order chi connectivity index (χ1) is 15.0. The number of anilines is 1. The average Bonchev–Trinajstić information content (AvgIpc) is 2.88. The van der Waals surface area contributed by atoms with Gasteiger partial charge in [0.05, 0.1) is 5.69 Å². The molecule has 0 aliphatic carbocycles. The van der Waals surface area contributed by atoms with Gasteiger partial charge in [0.1, 0.15) is 5.75 Å². The van der Waals surface area contributed by atoms with E-state index in [2.05, 4.69) is 15.2 Å². The van der Waals surface area contributed by atoms with E-state index in [4.69, 9.17) is 9.47 Å². The molecule has 0 unspecified atom stereocenters. The number of fused-ring (bicyclic) bond motifs is 3. The van der Waals surface area contributed by atoms with Crippen molar-refractivity contribution in [1.82, 2.24) is 15.2 Å². The molecule has 0 bridgehead atoms. The quantitative estimate of drug-likeness (QED) is 0.344. The number of ether oxygens (including phenoxy) is 2. The van der Waals surface area contributed by atoms with E-state index in [1.807, 2.05) is 31.2 Å². The van der Waals surface area contributed by atoms with Crippen LogP contribution in [0, 0.1) is 0 Å². The number of hydrogen-bond donors (Lipinski definition) is 0. The number of aromatic nitrogens is 3. The summed E-state index contributed by atoms with van der Waals surface area (Å²) in [6.07, 6.45) is -0.789. The molecule has 0 saturated carbocycles. The number of rotatable bonds is 4. The smallest absolute Gasteiger partial charge is 0.308 e. The molecule has 0 saturated heterocycles. The van der Waals surface area contributed by atoms with Crippen LogP contribution >= 0.6 is 11.8 Å². The number of nitrogens with zero attached hydrogens (tertiary/aromatic N) is 4. The van der Waals surface area contributed by atoms with E-state index in [0.29, 0.717) is 39.3 Å². The van der Waals surface area contributed by atoms with Crippen molar-refractivity contribution in [3.63, 3.8) is 0 Å². The molecule has 2 aromatic carbocycles. The van der Waals surface area contributed by atoms with E-state index < -0.39 is 12.2 Å². The molecule has 158 valence electrons. The fourth-order valence-electron chi connectivity index (χ4n) is 3.33. The summed E-state index contributed by atoms with van der Waals surface area (Å²) in [5.41, 5.74) is 2.52. The van der Waals surface area contributed by atoms with E-state index >= 15 is 0 Å². The van der Waals surface area contributed by atoms with Gasteiger partial charge in [-0.25, -0.2) is 0 Å². The van der Waals surface area contributed by atoms with Crippen LogP contribution in [-0.2, 0) is 9.59 Å². The molecule has 1 aromatic heterocycles. The minimum Gasteiger partial charge on any atom is -0.447 e. The Morgan fingerprint density at radius 3 is 2.52 bits per heavy atom. The summed E-state index contributed by atoms with van der Waals surface area (Å²) < 4.78 is 11.4. The van der Waals surface area contributed by atoms with Gasteiger partial charge in [0.25, 0.3) is 0 Å². The Morgan fingerprint density at radius 1 is 1.10 bits per heavy atom. The third kappa shape index (κ3) is 4.22. The largest absolute Gasteiger partial charge is 0.447 e. The van der Waals surface area contributed by atoms with Crippen LogP contribution in [0.25, 0.3) is 11.3 Å². The Labute approximate surface area is 183 Å². The molecule has 1 aliphatic rings. The Kier molecular flexibility index (Phi) is 5.85. The number of para-hydroxylation sites is 1. The first-order valence-electron chi connectivity index (χ1n) is 9.69. The number of hydrogen-bond acceptors (Lipinski definition) is 8. The predicted octanol–water partition coefficient (Wildman–Crippen LogP) is 4.02. The van der Waals surface area contributed by atoms with Crippen LogP contribution in [0.4, 0.5) is 5.69 Å². The van der Waals surface area contributed by atoms with Crippen LogP contribution in [0.5, 0.6) is 11.6 Å². The van der Waals surface area contributed by atoms with Crippen LogP contribution in [-0.4, -0.2) is 32.8 Å². The molecule has 4 rings (SSSR count). The van der Waals surface area contributed by atoms with Gasteiger partial charge in [0.2, 0.25) is 23.2 Å². The summed E-state index contributed by atoms with van der Waals surface area (Å²) in [6.45, 7) is 4.82. The molecule has 0 N–H and O–H groups in total. The molecular weight excluding hydrogens is 416 g/mol. The van der Waals surface area contributed by atoms with Gasteiger partial charge in [0.15, 0.2) is 5.69 Å². The molecule has 3 aromatic rings. The summed E-state index contributed by atoms with van der Waals surface area (Å²) in [6, 6.07) is 14.2. The van der Waals surface area contributed by atoms with Gasteiger partial charge in [-0.05, 0) is 36.1 Å². The lowest BCUT2D eigenvalue weighted by Gasteiger charge is -2.29. The SMILES string of the molecule is CCSc1nnc2c(n1)O[C@@H](c1ccc(OC(C)=O)cc1)N(C(C)=O)c1ccccc1-2. The Bertz CT molecular complexity index is 1140. The molecule has 31 heavy (non-hydrogen) atoms. The van der Waals surface area contributed by atoms with E-state index in [1.54, 1.807) is 29.2 Å². The lowest BCUT2D eigenvalue weighted by atomic mass is 10.1. The van der Waals surface area contributed by atoms with Crippen molar-refractivity contribution < 1.29 is 19.1 Å². The van der Waals surface area contributed by atoms with E-state index in [0.717, 1.165) is 5.75 Å². The van der Waals surface area contributed by atoms with Gasteiger partial charge in [-0.15, -0.1) is 10.2 Å². The summed E-state index contributed by atoms with van der Waals surface area (Å²) >= 11 is 1.45. The fourth-order valence-corrected chi connectivity index (χ4v) is 3.83. The maximum absolute atomic E-state index is 12.7. The molecular formula is C22H20N4O4S. The average molecular weight is 436 g/mol. The molecule has 0 fully saturated rings. The number of thioether (sulfide) groups is 1. The lowest BCUT2D eigenvalue weighted by molar-refractivity contribution is -0.131. The van der Waals surface area contributed by atoms with Crippen LogP contribution in [0.3, 0.4) is 0 Å². The van der Waals surface area contributed by atoms with Gasteiger partial charge in [0, 0.05) is 25.0 Å². The molecule has 0 radical (unpaired) electrons. The molecule has 9 heteroatoms. The van der Waals surface area contributed by atoms with Crippen molar-refractivity contribution in [3.05, 3.63) is 54.1 Å². The Balaban J connectivity index is 1.85. The van der Waals surface area contributed by atoms with Crippen LogP contribution in [0.2, 0.25) is 0 Å². The van der Waals surface area contributed by atoms with Crippen molar-refractivity contribution >= 4 is 29.3 Å². The summed E-state index contributed by atoms with van der Waals surface area (Å²) in [5, 5.41) is 9.05. The molecule has 1 atom stereocenters. The second-order valence-corrected chi connectivity index (χ2v) is 7.95. The fraction of sp³-hybridized carbons (Fsp3) is 0.227. The number of carbonyl (C=O) groups excluding carboxylic acids is 2. The number of benzene rings is 2. The van der Waals surface area contributed by atoms with Gasteiger partial charge in [-0.1, -0.05) is 36.9 Å². The summed E-state index contributed by atoms with van der Waals surface area (Å²) in [7, 11) is 0. The van der Waals surface area contributed by atoms with Crippen molar-refractivity contribution in [2.24, 2.45) is 0 Å². The van der Waals surface area contributed by atoms with Gasteiger partial charge >= 0.3 is 5.97 Å². The number of amides is 1. The van der Waals surface area contributed by atoms with Gasteiger partial charge in [-0.3, -0.25) is 14.5 Å². The minimum atomic E-state index is -0.789. The Morgan fingerprint density at radius 2 is 1.84 bits per heavy atom. The van der Waals surface area contributed by atoms with Crippen molar-refractivity contribution in [2.45, 2.75) is 32.2 Å². The van der Waals surface area contributed by atoms with E-state index in [1.165, 1.54) is 25.6 Å². The highest BCUT2D eigenvalue weighted by molar-refractivity contribution is 7.99. The molecule has 1 amide bonds. The first-order valence-corrected chi connectivity index (χ1v) is 10.7. The highest BCUT2D eigenvalue weighted by Gasteiger charge is 2.34. The molecule has 1 aliphatic heterocycles. The zero-order valence-electron chi connectivity index (χ0n) is 17.2. The normalized spacial score (nSPS) is 14.7. The van der Waals surface area contributed by atoms with E-state index in [-0.39, 0.29) is 5.91 Å². The van der Waals surface area contributed by atoms with Crippen LogP contribution < -0.4 is 14.4 Å². The Hall–Kier alpha value is -3.46. The maximum Gasteiger partial charge on any atom is 0.308 e. The van der Waals surface area contributed by atoms with Crippen LogP contribution in [0.1, 0.15) is 32.6 Å². The zero-order chi connectivity index (χ0) is 22.0. The second-order valence-electron chi connectivity index (χ2n) is 6.72. The minimum absolute atomic E-state index is 0.203. The van der Waals surface area contributed by atoms with Gasteiger partial charge < -0.3 is 9.47 Å². The molecule has 2 heterocycles. The number of esters is 1. The first kappa shape index (κ1) is 20.8. The van der Waals surface area contributed by atoms with Gasteiger partial charge in [-0.2, -0.15) is 4.98 Å². The standard InChI is InChI=1S/C22H20N4O4S/c1-4-31-22-23-20-19(24-25-22)17-7-5-6-8-18(17)26(13(2)27)21(30-20)15-9-11-16(12-10-15)29-14(3)28/h5-12,21H,4H2,1-3H3/t21-/m0/s1. The topological polar surface area (TPSA) is 94.5 Å². The lowest BCUT2D eigenvalue weighted by Crippen LogP contribution is -2.36. The summed E-state index contributed by atoms with van der Waals surface area (Å²) in [5.74, 6) is 0.889. The third-order valence-electron chi connectivity index (χ3n) is 4.55. The number of carbonyl (C=O) groups is 2. The van der Waals surface area contributed by atoms with E-state index in [9.17, 15) is 9.59 Å². The monoisotopic (exact) mass is 436 g/mol. The predicted molar refractivity (Wildman–Crippen MR) is 116 cm³/mol. The highest BCUT2D eigenvalue weighted by Crippen LogP contribution is 2.43. The maximum atomic E-state index is 12.7. The highest BCUT2D eigenvalue weighted by atomic mass is 32.2. The second kappa shape index (κ2) is 8.73. The van der Waals surface area contributed by atoms with Crippen molar-refractivity contribution in [1.29, 1.82) is 0 Å². The zero-order valence-corrected chi connectivity index (χ0v) is 18.0.